The van der Waals surface area contributed by atoms with E-state index >= 15 is 0 Å². The molecule has 4 aliphatic heterocycles. The highest BCUT2D eigenvalue weighted by Gasteiger charge is 2.37. The number of fused-ring (bicyclic) bond motifs is 3. The van der Waals surface area contributed by atoms with Gasteiger partial charge in [-0.1, -0.05) is 82.8 Å². The number of pyridine rings is 4. The molecule has 14 heterocycles. The number of hydrogen-bond donors (Lipinski definition) is 6. The summed E-state index contributed by atoms with van der Waals surface area (Å²) in [7, 11) is 9.59. The van der Waals surface area contributed by atoms with Gasteiger partial charge in [0.1, 0.15) is 29.3 Å². The van der Waals surface area contributed by atoms with Crippen molar-refractivity contribution in [3.8, 4) is 67.4 Å². The van der Waals surface area contributed by atoms with Crippen molar-refractivity contribution in [1.82, 2.24) is 93.1 Å². The Balaban J connectivity index is 0.000000137. The minimum absolute atomic E-state index is 0.0572. The highest BCUT2D eigenvalue weighted by Crippen LogP contribution is 2.43. The number of rotatable bonds is 20. The standard InChI is InChI=1S/C33H31ClF3N7O2.C30H26Cl2F3N7O.C30H32ClN9O/c1-42-11-2-3-28(42)20-4-6-24(27(34)16-20)25-15-21-18-39-32(41-30(21)44(31(25)45)23-8-14-46-19-23)40-22-5-7-29(26(17-22)33(35,36)37)43-12-9-38-10-13-43;1-41-16-37-14-25(41)19-11-23(31)26(24(32)12-19)22-10-20-13-38-29(40-27(20)42(28(22)43)15-30(33,34)35)39-21-4-2-17(3-5-21)18-6-8-36-9-7-18;1-38(2)12-13-40-28-21(18-35-30(37-28)36-23-6-4-19(5-7-23)20-8-9-32-16-20)14-24(29(40)41)26-25(31)15-22(17-34-26)27-33-10-11-39(27)3/h2-7,11,15-18,23,38H,8-10,12-14,19H2,1H3,(H,39,40,41);2-5,10-14,16,18,36H,6-9,15H2,1H3,(H,38,39,40);4-7,10-11,14-15,17-18,20,32H,8-9,12-13,16H2,1-3H3,(H,35,36,37). The number of piperidine rings is 1. The molecule has 37 heteroatoms. The van der Waals surface area contributed by atoms with Gasteiger partial charge in [0.25, 0.3) is 16.7 Å². The number of likely N-dealkylation sites (N-methyl/N-ethyl adjacent to an activating group) is 1. The Labute approximate surface area is 761 Å². The van der Waals surface area contributed by atoms with E-state index in [2.05, 4.69) is 83.9 Å². The number of benzene rings is 5. The zero-order valence-corrected chi connectivity index (χ0v) is 74.2. The van der Waals surface area contributed by atoms with Gasteiger partial charge in [-0.2, -0.15) is 41.3 Å². The first-order chi connectivity index (χ1) is 62.6. The zero-order valence-electron chi connectivity index (χ0n) is 71.2. The van der Waals surface area contributed by atoms with Gasteiger partial charge in [-0.15, -0.1) is 0 Å². The van der Waals surface area contributed by atoms with Gasteiger partial charge in [-0.25, -0.2) is 24.9 Å². The fraction of sp³-hybridized carbons (Fsp3) is 0.290. The molecule has 4 fully saturated rings. The Morgan fingerprint density at radius 1 is 0.515 bits per heavy atom. The van der Waals surface area contributed by atoms with Crippen LogP contribution < -0.4 is 53.5 Å². The number of imidazole rings is 2. The largest absolute Gasteiger partial charge is 0.418 e. The normalized spacial score (nSPS) is 15.6. The second-order valence-electron chi connectivity index (χ2n) is 32.7. The highest BCUT2D eigenvalue weighted by molar-refractivity contribution is 6.40. The van der Waals surface area contributed by atoms with Crippen molar-refractivity contribution in [3.05, 3.63) is 257 Å². The maximum absolute atomic E-state index is 14.2. The molecule has 0 aliphatic carbocycles. The molecule has 2 atom stereocenters. The number of piperazine rings is 1. The summed E-state index contributed by atoms with van der Waals surface area (Å²) in [5.74, 6) is 2.32. The smallest absolute Gasteiger partial charge is 0.379 e. The second kappa shape index (κ2) is 38.3. The molecule has 130 heavy (non-hydrogen) atoms. The number of halogens is 10. The molecule has 5 aromatic carbocycles. The van der Waals surface area contributed by atoms with Crippen LogP contribution in [-0.4, -0.2) is 170 Å². The van der Waals surface area contributed by atoms with E-state index in [1.165, 1.54) is 29.5 Å². The Morgan fingerprint density at radius 3 is 1.68 bits per heavy atom. The molecule has 6 N–H and O–H groups in total. The first-order valence-electron chi connectivity index (χ1n) is 42.2. The van der Waals surface area contributed by atoms with Crippen LogP contribution in [0.15, 0.2) is 204 Å². The molecule has 0 radical (unpaired) electrons. The van der Waals surface area contributed by atoms with E-state index < -0.39 is 30.0 Å². The topological polar surface area (TPSA) is 285 Å². The van der Waals surface area contributed by atoms with Crippen molar-refractivity contribution >= 4 is 120 Å². The Bertz CT molecular complexity index is 6870. The van der Waals surface area contributed by atoms with Crippen molar-refractivity contribution in [3.63, 3.8) is 0 Å². The van der Waals surface area contributed by atoms with E-state index in [0.29, 0.717) is 142 Å². The van der Waals surface area contributed by atoms with Crippen LogP contribution >= 0.6 is 46.4 Å². The number of hydrogen-bond acceptors (Lipinski definition) is 21. The summed E-state index contributed by atoms with van der Waals surface area (Å²) >= 11 is 26.7. The van der Waals surface area contributed by atoms with E-state index in [4.69, 9.17) is 56.1 Å². The SMILES string of the molecule is CN(C)CCn1c(=O)c(-c2ncc(-c3nccn3C)cc2Cl)cc2cnc(Nc3ccc(C4CCNC4)cc3)nc21.Cn1cccc1-c1ccc(-c2cc3cnc(Nc4ccc(N5CCNCC5)c(C(F)(F)F)c4)nc3n(C3CCOC3)c2=O)c(Cl)c1.Cn1cncc1-c1cc(Cl)c(-c2cc3cnc(Nc4ccc(C5CCNCC5)cc4)nc3n(CC(F)(F)F)c2=O)c(Cl)c1. The molecule has 15 aromatic rings. The van der Waals surface area contributed by atoms with Gasteiger partial charge in [-0.3, -0.25) is 33.1 Å². The lowest BCUT2D eigenvalue weighted by Crippen LogP contribution is -2.44. The van der Waals surface area contributed by atoms with Crippen LogP contribution in [0.3, 0.4) is 0 Å². The molecule has 19 rings (SSSR count). The zero-order chi connectivity index (χ0) is 90.8. The van der Waals surface area contributed by atoms with Crippen molar-refractivity contribution in [2.75, 3.05) is 107 Å². The predicted molar refractivity (Wildman–Crippen MR) is 498 cm³/mol. The first-order valence-corrected chi connectivity index (χ1v) is 43.8. The minimum Gasteiger partial charge on any atom is -0.379 e. The molecule has 4 aliphatic rings. The van der Waals surface area contributed by atoms with Gasteiger partial charge < -0.3 is 60.1 Å². The van der Waals surface area contributed by atoms with Crippen LogP contribution in [-0.2, 0) is 45.1 Å². The summed E-state index contributed by atoms with van der Waals surface area (Å²) in [5, 5.41) is 21.7. The first kappa shape index (κ1) is 89.5. The van der Waals surface area contributed by atoms with Gasteiger partial charge in [-0.05, 0) is 185 Å². The molecule has 2 unspecified atom stereocenters. The average molecular weight is 1850 g/mol. The fourth-order valence-corrected chi connectivity index (χ4v) is 18.2. The molecule has 0 saturated carbocycles. The average Bonchev–Trinajstić information content (AvgIpc) is 0.784. The number of aryl methyl sites for hydroxylation is 3. The Hall–Kier alpha value is -12.4. The summed E-state index contributed by atoms with van der Waals surface area (Å²) in [5.41, 5.74) is 8.83. The highest BCUT2D eigenvalue weighted by atomic mass is 35.5. The minimum atomic E-state index is -4.70. The van der Waals surface area contributed by atoms with E-state index in [1.807, 2.05) is 121 Å². The van der Waals surface area contributed by atoms with E-state index in [-0.39, 0.29) is 72.6 Å². The fourth-order valence-electron chi connectivity index (χ4n) is 16.9. The van der Waals surface area contributed by atoms with E-state index in [1.54, 1.807) is 99.4 Å². The maximum Gasteiger partial charge on any atom is 0.418 e. The molecule has 0 bridgehead atoms. The second-order valence-corrected chi connectivity index (χ2v) is 34.3. The lowest BCUT2D eigenvalue weighted by atomic mass is 9.90. The van der Waals surface area contributed by atoms with Gasteiger partial charge in [0.2, 0.25) is 17.8 Å². The number of alkyl halides is 6. The summed E-state index contributed by atoms with van der Waals surface area (Å²) in [6, 6.07) is 39.5. The predicted octanol–water partition coefficient (Wildman–Crippen LogP) is 17.5. The third-order valence-corrected chi connectivity index (χ3v) is 24.8. The van der Waals surface area contributed by atoms with Crippen LogP contribution in [0, 0.1) is 0 Å². The Kier molecular flexibility index (Phi) is 26.4. The van der Waals surface area contributed by atoms with E-state index in [0.717, 1.165) is 90.9 Å². The van der Waals surface area contributed by atoms with Gasteiger partial charge >= 0.3 is 12.4 Å². The molecule has 10 aromatic heterocycles. The van der Waals surface area contributed by atoms with Gasteiger partial charge in [0.15, 0.2) is 0 Å². The molecular formula is C93H89Cl4F6N23O4. The molecule has 670 valence electrons. The number of anilines is 7. The molecular weight excluding hydrogens is 1760 g/mol. The number of nitrogens with one attached hydrogen (secondary N) is 6. The maximum atomic E-state index is 14.2. The monoisotopic (exact) mass is 1850 g/mol. The quantitative estimate of drug-likeness (QED) is 0.0387. The van der Waals surface area contributed by atoms with Crippen LogP contribution in [0.4, 0.5) is 66.9 Å². The van der Waals surface area contributed by atoms with Crippen molar-refractivity contribution in [2.45, 2.75) is 69.0 Å². The lowest BCUT2D eigenvalue weighted by molar-refractivity contribution is -0.140. The third kappa shape index (κ3) is 19.7. The van der Waals surface area contributed by atoms with Crippen LogP contribution in [0.25, 0.3) is 101 Å². The third-order valence-electron chi connectivity index (χ3n) is 23.6. The van der Waals surface area contributed by atoms with Gasteiger partial charge in [0.05, 0.1) is 68.3 Å². The summed E-state index contributed by atoms with van der Waals surface area (Å²) < 4.78 is 98.8. The number of ether oxygens (including phenoxy) is 1. The van der Waals surface area contributed by atoms with E-state index in [9.17, 15) is 40.7 Å². The molecule has 0 amide bonds. The van der Waals surface area contributed by atoms with Crippen LogP contribution in [0.2, 0.25) is 20.1 Å². The summed E-state index contributed by atoms with van der Waals surface area (Å²) in [6.45, 7) is 6.59. The summed E-state index contributed by atoms with van der Waals surface area (Å²) in [4.78, 5) is 85.5. The number of nitrogens with zero attached hydrogens (tertiary/aromatic N) is 17. The van der Waals surface area contributed by atoms with Crippen molar-refractivity contribution in [1.29, 1.82) is 0 Å². The number of aromatic nitrogens is 15. The van der Waals surface area contributed by atoms with Gasteiger partial charge in [0, 0.05) is 194 Å². The van der Waals surface area contributed by atoms with Crippen LogP contribution in [0.1, 0.15) is 60.3 Å². The molecule has 4 saturated heterocycles. The van der Waals surface area contributed by atoms with Crippen molar-refractivity contribution in [2.24, 2.45) is 21.1 Å². The van der Waals surface area contributed by atoms with Crippen molar-refractivity contribution < 1.29 is 31.1 Å². The lowest BCUT2D eigenvalue weighted by Gasteiger charge is -2.31. The molecule has 27 nitrogen and oxygen atoms in total. The Morgan fingerprint density at radius 2 is 1.10 bits per heavy atom. The van der Waals surface area contributed by atoms with Crippen LogP contribution in [0.5, 0.6) is 0 Å². The molecule has 0 spiro atoms. The summed E-state index contributed by atoms with van der Waals surface area (Å²) in [6.07, 6.45) is 9.74.